The van der Waals surface area contributed by atoms with Gasteiger partial charge in [0.1, 0.15) is 11.5 Å². The van der Waals surface area contributed by atoms with Gasteiger partial charge in [0, 0.05) is 24.0 Å². The summed E-state index contributed by atoms with van der Waals surface area (Å²) in [5.41, 5.74) is 1.81. The van der Waals surface area contributed by atoms with E-state index in [-0.39, 0.29) is 36.4 Å². The summed E-state index contributed by atoms with van der Waals surface area (Å²) in [5, 5.41) is 3.84. The summed E-state index contributed by atoms with van der Waals surface area (Å²) < 4.78 is 12.9. The van der Waals surface area contributed by atoms with Gasteiger partial charge in [-0.1, -0.05) is 41.9 Å². The first-order chi connectivity index (χ1) is 13.0. The molecule has 0 aliphatic heterocycles. The number of H-pyrrole nitrogens is 1. The predicted molar refractivity (Wildman–Crippen MR) is 103 cm³/mol. The van der Waals surface area contributed by atoms with Gasteiger partial charge in [-0.05, 0) is 30.7 Å². The average Bonchev–Trinajstić information content (AvgIpc) is 3.02. The van der Waals surface area contributed by atoms with E-state index in [1.165, 1.54) is 17.0 Å². The maximum Gasteiger partial charge on any atom is 0.272 e. The Morgan fingerprint density at radius 2 is 1.85 bits per heavy atom. The molecule has 0 saturated heterocycles. The van der Waals surface area contributed by atoms with Gasteiger partial charge in [0.25, 0.3) is 5.91 Å². The van der Waals surface area contributed by atoms with Crippen LogP contribution >= 0.6 is 11.6 Å². The number of hydrogen-bond acceptors (Lipinski definition) is 2. The van der Waals surface area contributed by atoms with Crippen LogP contribution < -0.4 is 5.32 Å². The van der Waals surface area contributed by atoms with Crippen molar-refractivity contribution < 1.29 is 14.0 Å². The molecule has 0 saturated carbocycles. The summed E-state index contributed by atoms with van der Waals surface area (Å²) >= 11 is 6.33. The van der Waals surface area contributed by atoms with Crippen molar-refractivity contribution in [2.24, 2.45) is 0 Å². The van der Waals surface area contributed by atoms with Gasteiger partial charge in [-0.25, -0.2) is 4.39 Å². The lowest BCUT2D eigenvalue weighted by molar-refractivity contribution is -0.121. The van der Waals surface area contributed by atoms with Crippen LogP contribution in [0.15, 0.2) is 48.5 Å². The molecule has 0 spiro atoms. The number of nitrogens with zero attached hydrogens (tertiary/aromatic N) is 1. The van der Waals surface area contributed by atoms with Crippen LogP contribution in [0.5, 0.6) is 0 Å². The Labute approximate surface area is 161 Å². The third-order valence-corrected chi connectivity index (χ3v) is 4.66. The summed E-state index contributed by atoms with van der Waals surface area (Å²) in [6.45, 7) is 2.32. The second-order valence-electron chi connectivity index (χ2n) is 6.08. The number of nitrogens with one attached hydrogen (secondary N) is 2. The maximum absolute atomic E-state index is 12.9. The Kier molecular flexibility index (Phi) is 5.76. The zero-order valence-electron chi connectivity index (χ0n) is 14.8. The van der Waals surface area contributed by atoms with Crippen molar-refractivity contribution in [3.63, 3.8) is 0 Å². The van der Waals surface area contributed by atoms with E-state index in [1.807, 2.05) is 24.3 Å². The zero-order chi connectivity index (χ0) is 19.4. The second kappa shape index (κ2) is 8.22. The minimum Gasteiger partial charge on any atom is -0.350 e. The minimum absolute atomic E-state index is 0.0950. The molecule has 0 aliphatic carbocycles. The van der Waals surface area contributed by atoms with E-state index < -0.39 is 0 Å². The standard InChI is InChI=1S/C20H19ClFN3O2/c1-2-25(12-17(26)23-11-13-7-9-14(22)10-8-13)20(27)19-18(21)15-5-3-4-6-16(15)24-19/h3-10,24H,2,11-12H2,1H3,(H,23,26). The van der Waals surface area contributed by atoms with Crippen LogP contribution in [-0.2, 0) is 11.3 Å². The van der Waals surface area contributed by atoms with Gasteiger partial charge in [-0.2, -0.15) is 0 Å². The summed E-state index contributed by atoms with van der Waals surface area (Å²) in [6.07, 6.45) is 0. The molecule has 0 unspecified atom stereocenters. The summed E-state index contributed by atoms with van der Waals surface area (Å²) in [7, 11) is 0. The van der Waals surface area contributed by atoms with Crippen LogP contribution in [0.4, 0.5) is 4.39 Å². The second-order valence-corrected chi connectivity index (χ2v) is 6.46. The first-order valence-electron chi connectivity index (χ1n) is 8.56. The Balaban J connectivity index is 1.66. The molecule has 0 aliphatic rings. The van der Waals surface area contributed by atoms with E-state index in [0.717, 1.165) is 16.5 Å². The van der Waals surface area contributed by atoms with Crippen LogP contribution in [0.2, 0.25) is 5.02 Å². The van der Waals surface area contributed by atoms with Gasteiger partial charge < -0.3 is 15.2 Å². The zero-order valence-corrected chi connectivity index (χ0v) is 15.5. The molecular formula is C20H19ClFN3O2. The molecule has 27 heavy (non-hydrogen) atoms. The highest BCUT2D eigenvalue weighted by Crippen LogP contribution is 2.28. The quantitative estimate of drug-likeness (QED) is 0.676. The number of halogens is 2. The van der Waals surface area contributed by atoms with E-state index in [0.29, 0.717) is 11.6 Å². The number of rotatable bonds is 6. The lowest BCUT2D eigenvalue weighted by atomic mass is 10.2. The van der Waals surface area contributed by atoms with Gasteiger partial charge in [-0.15, -0.1) is 0 Å². The van der Waals surface area contributed by atoms with Crippen LogP contribution in [0.1, 0.15) is 23.0 Å². The van der Waals surface area contributed by atoms with Crippen LogP contribution in [0, 0.1) is 5.82 Å². The molecule has 0 bridgehead atoms. The molecule has 0 radical (unpaired) electrons. The van der Waals surface area contributed by atoms with Gasteiger partial charge in [0.15, 0.2) is 0 Å². The topological polar surface area (TPSA) is 65.2 Å². The van der Waals surface area contributed by atoms with Crippen molar-refractivity contribution >= 4 is 34.3 Å². The van der Waals surface area contributed by atoms with Crippen LogP contribution in [0.25, 0.3) is 10.9 Å². The number of amides is 2. The molecule has 0 atom stereocenters. The van der Waals surface area contributed by atoms with Crippen molar-refractivity contribution in [3.8, 4) is 0 Å². The molecule has 1 aromatic heterocycles. The first-order valence-corrected chi connectivity index (χ1v) is 8.94. The predicted octanol–water partition coefficient (Wildman–Crippen LogP) is 3.74. The first kappa shape index (κ1) is 18.9. The van der Waals surface area contributed by atoms with Gasteiger partial charge in [-0.3, -0.25) is 9.59 Å². The van der Waals surface area contributed by atoms with Crippen LogP contribution in [-0.4, -0.2) is 34.8 Å². The number of carbonyl (C=O) groups excluding carboxylic acids is 2. The Morgan fingerprint density at radius 1 is 1.15 bits per heavy atom. The van der Waals surface area contributed by atoms with Crippen molar-refractivity contribution in [2.45, 2.75) is 13.5 Å². The Morgan fingerprint density at radius 3 is 2.52 bits per heavy atom. The number of hydrogen-bond donors (Lipinski definition) is 2. The summed E-state index contributed by atoms with van der Waals surface area (Å²) in [6, 6.07) is 13.2. The fourth-order valence-corrected chi connectivity index (χ4v) is 3.07. The molecule has 2 N–H and O–H groups in total. The molecular weight excluding hydrogens is 369 g/mol. The SMILES string of the molecule is CCN(CC(=O)NCc1ccc(F)cc1)C(=O)c1[nH]c2ccccc2c1Cl. The monoisotopic (exact) mass is 387 g/mol. The maximum atomic E-state index is 12.9. The molecule has 2 aromatic carbocycles. The lowest BCUT2D eigenvalue weighted by Crippen LogP contribution is -2.40. The molecule has 5 nitrogen and oxygen atoms in total. The van der Waals surface area contributed by atoms with Gasteiger partial charge in [0.2, 0.25) is 5.91 Å². The van der Waals surface area contributed by atoms with Crippen molar-refractivity contribution in [1.82, 2.24) is 15.2 Å². The van der Waals surface area contributed by atoms with Gasteiger partial charge in [0.05, 0.1) is 11.6 Å². The fraction of sp³-hybridized carbons (Fsp3) is 0.200. The van der Waals surface area contributed by atoms with E-state index in [4.69, 9.17) is 11.6 Å². The Hall–Kier alpha value is -2.86. The number of likely N-dealkylation sites (N-methyl/N-ethyl adjacent to an activating group) is 1. The molecule has 7 heteroatoms. The van der Waals surface area contributed by atoms with Crippen molar-refractivity contribution in [3.05, 3.63) is 70.6 Å². The highest BCUT2D eigenvalue weighted by molar-refractivity contribution is 6.38. The Bertz CT molecular complexity index is 969. The largest absolute Gasteiger partial charge is 0.350 e. The molecule has 0 fully saturated rings. The van der Waals surface area contributed by atoms with Crippen molar-refractivity contribution in [1.29, 1.82) is 0 Å². The normalized spacial score (nSPS) is 10.8. The third-order valence-electron chi connectivity index (χ3n) is 4.26. The fourth-order valence-electron chi connectivity index (χ4n) is 2.77. The lowest BCUT2D eigenvalue weighted by Gasteiger charge is -2.20. The molecule has 2 amide bonds. The summed E-state index contributed by atoms with van der Waals surface area (Å²) in [5.74, 6) is -0.972. The van der Waals surface area contributed by atoms with E-state index >= 15 is 0 Å². The van der Waals surface area contributed by atoms with Crippen molar-refractivity contribution in [2.75, 3.05) is 13.1 Å². The number of carbonyl (C=O) groups is 2. The number of fused-ring (bicyclic) bond motifs is 1. The molecule has 3 aromatic rings. The smallest absolute Gasteiger partial charge is 0.272 e. The number of aromatic nitrogens is 1. The average molecular weight is 388 g/mol. The minimum atomic E-state index is -0.337. The highest BCUT2D eigenvalue weighted by atomic mass is 35.5. The molecule has 1 heterocycles. The number of para-hydroxylation sites is 1. The number of benzene rings is 2. The summed E-state index contributed by atoms with van der Waals surface area (Å²) in [4.78, 5) is 29.5. The highest BCUT2D eigenvalue weighted by Gasteiger charge is 2.22. The van der Waals surface area contributed by atoms with Crippen LogP contribution in [0.3, 0.4) is 0 Å². The third kappa shape index (κ3) is 4.28. The van der Waals surface area contributed by atoms with E-state index in [2.05, 4.69) is 10.3 Å². The van der Waals surface area contributed by atoms with E-state index in [1.54, 1.807) is 19.1 Å². The van der Waals surface area contributed by atoms with Gasteiger partial charge >= 0.3 is 0 Å². The molecule has 140 valence electrons. The number of aromatic amines is 1. The van der Waals surface area contributed by atoms with E-state index in [9.17, 15) is 14.0 Å². The molecule has 3 rings (SSSR count).